The van der Waals surface area contributed by atoms with E-state index in [1.807, 2.05) is 54.6 Å². The molecule has 0 aliphatic heterocycles. The third-order valence-electron chi connectivity index (χ3n) is 4.52. The van der Waals surface area contributed by atoms with E-state index in [1.165, 1.54) is 11.3 Å². The van der Waals surface area contributed by atoms with E-state index < -0.39 is 0 Å². The molecule has 4 rings (SSSR count). The van der Waals surface area contributed by atoms with Crippen LogP contribution < -0.4 is 10.1 Å². The largest absolute Gasteiger partial charge is 0.496 e. The van der Waals surface area contributed by atoms with Gasteiger partial charge in [0.15, 0.2) is 0 Å². The number of anilines is 1. The third kappa shape index (κ3) is 3.15. The van der Waals surface area contributed by atoms with Crippen LogP contribution in [0.3, 0.4) is 0 Å². The summed E-state index contributed by atoms with van der Waals surface area (Å²) >= 11 is 1.45. The SMILES string of the molecule is COc1ccccc1[C@@H]1C[C@@H]1C(=O)Nc1scnc1-c1ccccc1. The molecule has 0 bridgehead atoms. The summed E-state index contributed by atoms with van der Waals surface area (Å²) < 4.78 is 5.42. The summed E-state index contributed by atoms with van der Waals surface area (Å²) in [5.41, 5.74) is 4.71. The van der Waals surface area contributed by atoms with Gasteiger partial charge in [-0.1, -0.05) is 48.5 Å². The summed E-state index contributed by atoms with van der Waals surface area (Å²) in [4.78, 5) is 17.1. The molecule has 4 nitrogen and oxygen atoms in total. The normalized spacial score (nSPS) is 18.6. The summed E-state index contributed by atoms with van der Waals surface area (Å²) in [5.74, 6) is 1.12. The molecule has 3 aromatic rings. The van der Waals surface area contributed by atoms with E-state index in [4.69, 9.17) is 4.74 Å². The molecule has 1 saturated carbocycles. The van der Waals surface area contributed by atoms with Crippen LogP contribution in [0.5, 0.6) is 5.75 Å². The lowest BCUT2D eigenvalue weighted by atomic mass is 10.1. The number of amides is 1. The summed E-state index contributed by atoms with van der Waals surface area (Å²) in [6, 6.07) is 17.8. The minimum atomic E-state index is -0.0120. The lowest BCUT2D eigenvalue weighted by Gasteiger charge is -2.08. The first-order chi connectivity index (χ1) is 12.3. The van der Waals surface area contributed by atoms with Crippen LogP contribution in [-0.2, 0) is 4.79 Å². The number of hydrogen-bond acceptors (Lipinski definition) is 4. The molecule has 5 heteroatoms. The first-order valence-corrected chi connectivity index (χ1v) is 9.08. The number of ether oxygens (including phenoxy) is 1. The van der Waals surface area contributed by atoms with Crippen LogP contribution in [0.25, 0.3) is 11.3 Å². The highest BCUT2D eigenvalue weighted by Crippen LogP contribution is 2.51. The molecule has 1 aliphatic carbocycles. The highest BCUT2D eigenvalue weighted by atomic mass is 32.1. The number of carbonyl (C=O) groups excluding carboxylic acids is 1. The van der Waals surface area contributed by atoms with Gasteiger partial charge in [0.1, 0.15) is 16.4 Å². The minimum absolute atomic E-state index is 0.0120. The Labute approximate surface area is 150 Å². The number of thiazole rings is 1. The molecule has 0 saturated heterocycles. The van der Waals surface area contributed by atoms with Crippen LogP contribution >= 0.6 is 11.3 Å². The Balaban J connectivity index is 1.49. The van der Waals surface area contributed by atoms with Gasteiger partial charge in [-0.25, -0.2) is 4.98 Å². The average Bonchev–Trinajstić information content (AvgIpc) is 3.34. The third-order valence-corrected chi connectivity index (χ3v) is 5.26. The van der Waals surface area contributed by atoms with Crippen molar-refractivity contribution in [1.29, 1.82) is 0 Å². The number of nitrogens with zero attached hydrogens (tertiary/aromatic N) is 1. The molecular formula is C20H18N2O2S. The molecule has 1 aromatic heterocycles. The van der Waals surface area contributed by atoms with Crippen LogP contribution in [0.1, 0.15) is 17.9 Å². The molecule has 1 fully saturated rings. The number of para-hydroxylation sites is 1. The fraction of sp³-hybridized carbons (Fsp3) is 0.200. The lowest BCUT2D eigenvalue weighted by Crippen LogP contribution is -2.14. The van der Waals surface area contributed by atoms with E-state index >= 15 is 0 Å². The van der Waals surface area contributed by atoms with E-state index in [9.17, 15) is 4.79 Å². The quantitative estimate of drug-likeness (QED) is 0.734. The standard InChI is InChI=1S/C20H18N2O2S/c1-24-17-10-6-5-9-14(17)15-11-16(15)19(23)22-20-18(21-12-25-20)13-7-3-2-4-8-13/h2-10,12,15-16H,11H2,1H3,(H,22,23)/t15-,16-/m0/s1. The van der Waals surface area contributed by atoms with E-state index in [1.54, 1.807) is 12.6 Å². The van der Waals surface area contributed by atoms with Gasteiger partial charge in [0.25, 0.3) is 0 Å². The zero-order chi connectivity index (χ0) is 17.2. The maximum atomic E-state index is 12.7. The van der Waals surface area contributed by atoms with Crippen LogP contribution in [0.4, 0.5) is 5.00 Å². The van der Waals surface area contributed by atoms with Crippen molar-refractivity contribution in [3.63, 3.8) is 0 Å². The molecule has 0 spiro atoms. The van der Waals surface area contributed by atoms with Crippen molar-refractivity contribution in [1.82, 2.24) is 4.98 Å². The topological polar surface area (TPSA) is 51.2 Å². The zero-order valence-corrected chi connectivity index (χ0v) is 14.6. The van der Waals surface area contributed by atoms with Gasteiger partial charge >= 0.3 is 0 Å². The minimum Gasteiger partial charge on any atom is -0.496 e. The first kappa shape index (κ1) is 15.8. The molecule has 2 atom stereocenters. The summed E-state index contributed by atoms with van der Waals surface area (Å²) in [6.45, 7) is 0. The molecule has 1 N–H and O–H groups in total. The van der Waals surface area contributed by atoms with Crippen molar-refractivity contribution < 1.29 is 9.53 Å². The van der Waals surface area contributed by atoms with Crippen LogP contribution in [-0.4, -0.2) is 18.0 Å². The molecule has 25 heavy (non-hydrogen) atoms. The molecule has 126 valence electrons. The molecule has 2 aromatic carbocycles. The first-order valence-electron chi connectivity index (χ1n) is 8.20. The number of carbonyl (C=O) groups is 1. The summed E-state index contributed by atoms with van der Waals surface area (Å²) in [5, 5.41) is 3.87. The molecule has 0 unspecified atom stereocenters. The van der Waals surface area contributed by atoms with Crippen LogP contribution in [0.15, 0.2) is 60.1 Å². The zero-order valence-electron chi connectivity index (χ0n) is 13.8. The Bertz CT molecular complexity index is 891. The van der Waals surface area contributed by atoms with Gasteiger partial charge in [0.05, 0.1) is 12.6 Å². The maximum Gasteiger partial charge on any atom is 0.228 e. The number of hydrogen-bond donors (Lipinski definition) is 1. The van der Waals surface area contributed by atoms with Crippen molar-refractivity contribution in [2.24, 2.45) is 5.92 Å². The Kier molecular flexibility index (Phi) is 4.24. The van der Waals surface area contributed by atoms with Gasteiger partial charge in [-0.15, -0.1) is 11.3 Å². The van der Waals surface area contributed by atoms with Gasteiger partial charge in [-0.3, -0.25) is 4.79 Å². The van der Waals surface area contributed by atoms with Crippen LogP contribution in [0, 0.1) is 5.92 Å². The van der Waals surface area contributed by atoms with Gasteiger partial charge in [-0.05, 0) is 24.0 Å². The maximum absolute atomic E-state index is 12.7. The number of nitrogens with one attached hydrogen (secondary N) is 1. The number of rotatable bonds is 5. The van der Waals surface area contributed by atoms with Crippen molar-refractivity contribution >= 4 is 22.2 Å². The number of aromatic nitrogens is 1. The Morgan fingerprint density at radius 2 is 1.92 bits per heavy atom. The Morgan fingerprint density at radius 1 is 1.16 bits per heavy atom. The highest BCUT2D eigenvalue weighted by molar-refractivity contribution is 7.14. The average molecular weight is 350 g/mol. The molecular weight excluding hydrogens is 332 g/mol. The predicted octanol–water partition coefficient (Wildman–Crippen LogP) is 4.56. The monoisotopic (exact) mass is 350 g/mol. The van der Waals surface area contributed by atoms with E-state index in [-0.39, 0.29) is 17.7 Å². The van der Waals surface area contributed by atoms with Gasteiger partial charge in [-0.2, -0.15) is 0 Å². The van der Waals surface area contributed by atoms with Crippen molar-refractivity contribution in [2.45, 2.75) is 12.3 Å². The van der Waals surface area contributed by atoms with Gasteiger partial charge in [0.2, 0.25) is 5.91 Å². The second-order valence-electron chi connectivity index (χ2n) is 6.08. The molecule has 1 amide bonds. The number of methoxy groups -OCH3 is 1. The van der Waals surface area contributed by atoms with E-state index in [0.717, 1.165) is 34.0 Å². The molecule has 1 aliphatic rings. The van der Waals surface area contributed by atoms with E-state index in [2.05, 4.69) is 10.3 Å². The van der Waals surface area contributed by atoms with Crippen molar-refractivity contribution in [3.8, 4) is 17.0 Å². The molecule has 0 radical (unpaired) electrons. The summed E-state index contributed by atoms with van der Waals surface area (Å²) in [6.07, 6.45) is 0.853. The van der Waals surface area contributed by atoms with Crippen molar-refractivity contribution in [3.05, 3.63) is 65.7 Å². The second-order valence-corrected chi connectivity index (χ2v) is 6.93. The smallest absolute Gasteiger partial charge is 0.228 e. The second kappa shape index (κ2) is 6.69. The fourth-order valence-corrected chi connectivity index (χ4v) is 3.85. The van der Waals surface area contributed by atoms with E-state index in [0.29, 0.717) is 0 Å². The Morgan fingerprint density at radius 3 is 2.72 bits per heavy atom. The van der Waals surface area contributed by atoms with Crippen LogP contribution in [0.2, 0.25) is 0 Å². The fourth-order valence-electron chi connectivity index (χ4n) is 3.14. The molecule has 1 heterocycles. The predicted molar refractivity (Wildman–Crippen MR) is 100 cm³/mol. The lowest BCUT2D eigenvalue weighted by molar-refractivity contribution is -0.117. The van der Waals surface area contributed by atoms with Gasteiger partial charge in [0, 0.05) is 11.5 Å². The van der Waals surface area contributed by atoms with Gasteiger partial charge < -0.3 is 10.1 Å². The Hall–Kier alpha value is -2.66. The van der Waals surface area contributed by atoms with Crippen molar-refractivity contribution in [2.75, 3.05) is 12.4 Å². The summed E-state index contributed by atoms with van der Waals surface area (Å²) in [7, 11) is 1.67. The highest BCUT2D eigenvalue weighted by Gasteiger charge is 2.45. The number of benzene rings is 2.